The van der Waals surface area contributed by atoms with E-state index >= 15 is 0 Å². The summed E-state index contributed by atoms with van der Waals surface area (Å²) in [7, 11) is 0. The Morgan fingerprint density at radius 2 is 2.08 bits per heavy atom. The lowest BCUT2D eigenvalue weighted by Gasteiger charge is -2.13. The number of halogens is 3. The van der Waals surface area contributed by atoms with Gasteiger partial charge in [-0.1, -0.05) is 23.2 Å². The fourth-order valence-corrected chi connectivity index (χ4v) is 3.12. The monoisotopic (exact) mass is 407 g/mol. The molecule has 24 heavy (non-hydrogen) atoms. The first-order chi connectivity index (χ1) is 11.5. The van der Waals surface area contributed by atoms with Gasteiger partial charge in [-0.25, -0.2) is 0 Å². The van der Waals surface area contributed by atoms with Gasteiger partial charge < -0.3 is 16.2 Å². The van der Waals surface area contributed by atoms with Gasteiger partial charge in [0.15, 0.2) is 5.82 Å². The number of hydrogen-bond acceptors (Lipinski definition) is 7. The molecule has 0 spiro atoms. The number of thioether (sulfide) groups is 1. The summed E-state index contributed by atoms with van der Waals surface area (Å²) < 4.78 is 0. The fraction of sp³-hybridized carbons (Fsp3) is 0.357. The molecule has 0 aliphatic rings. The zero-order valence-corrected chi connectivity index (χ0v) is 15.8. The molecule has 0 bridgehead atoms. The van der Waals surface area contributed by atoms with Gasteiger partial charge in [0.1, 0.15) is 5.69 Å². The van der Waals surface area contributed by atoms with E-state index in [9.17, 15) is 0 Å². The van der Waals surface area contributed by atoms with Crippen LogP contribution in [0.1, 0.15) is 6.92 Å². The van der Waals surface area contributed by atoms with Crippen LogP contribution < -0.4 is 11.1 Å². The van der Waals surface area contributed by atoms with E-state index in [1.165, 1.54) is 11.8 Å². The molecule has 0 fully saturated rings. The van der Waals surface area contributed by atoms with E-state index in [0.717, 1.165) is 4.90 Å². The highest BCUT2D eigenvalue weighted by molar-refractivity contribution is 7.99. The molecule has 6 nitrogen and oxygen atoms in total. The van der Waals surface area contributed by atoms with Gasteiger partial charge in [0.2, 0.25) is 5.95 Å². The van der Waals surface area contributed by atoms with Crippen molar-refractivity contribution in [2.45, 2.75) is 17.9 Å². The lowest BCUT2D eigenvalue weighted by Crippen LogP contribution is -2.19. The zero-order valence-electron chi connectivity index (χ0n) is 12.8. The molecule has 1 aromatic carbocycles. The molecule has 0 saturated carbocycles. The third-order valence-electron chi connectivity index (χ3n) is 2.94. The summed E-state index contributed by atoms with van der Waals surface area (Å²) >= 11 is 19.6. The maximum Gasteiger partial charge on any atom is 0.244 e. The molecule has 1 heterocycles. The van der Waals surface area contributed by atoms with Gasteiger partial charge >= 0.3 is 0 Å². The molecule has 0 aliphatic carbocycles. The standard InChI is InChI=1S/C14H16Cl3N5OS/c1-7(6-15)19-14-20-13(18)12(21-22-14)9-4-8(24-3-2-23)5-10(16)11(9)17/h4-5,7,23H,2-3,6H2,1H3,(H3,18,19,20,22). The third-order valence-corrected chi connectivity index (χ3v) is 5.16. The van der Waals surface area contributed by atoms with E-state index in [2.05, 4.69) is 20.5 Å². The molecular weight excluding hydrogens is 393 g/mol. The number of nitrogens with one attached hydrogen (secondary N) is 1. The molecule has 0 aliphatic heterocycles. The third kappa shape index (κ3) is 4.77. The number of nitrogens with zero attached hydrogens (tertiary/aromatic N) is 3. The summed E-state index contributed by atoms with van der Waals surface area (Å²) in [6.07, 6.45) is 0. The van der Waals surface area contributed by atoms with Gasteiger partial charge in [-0.05, 0) is 19.1 Å². The number of rotatable bonds is 7. The number of aliphatic hydroxyl groups excluding tert-OH is 1. The SMILES string of the molecule is CC(CCl)Nc1nnc(-c2cc(SCCO)cc(Cl)c2Cl)c(N)n1. The summed E-state index contributed by atoms with van der Waals surface area (Å²) in [5.41, 5.74) is 6.89. The minimum atomic E-state index is -0.0186. The van der Waals surface area contributed by atoms with Crippen molar-refractivity contribution in [1.29, 1.82) is 0 Å². The lowest BCUT2D eigenvalue weighted by molar-refractivity contribution is 0.322. The molecule has 1 atom stereocenters. The Morgan fingerprint density at radius 3 is 2.71 bits per heavy atom. The summed E-state index contributed by atoms with van der Waals surface area (Å²) in [4.78, 5) is 5.03. The Morgan fingerprint density at radius 1 is 1.33 bits per heavy atom. The second-order valence-electron chi connectivity index (χ2n) is 4.91. The van der Waals surface area contributed by atoms with Crippen LogP contribution in [0.5, 0.6) is 0 Å². The molecular formula is C14H16Cl3N5OS. The average molecular weight is 409 g/mol. The van der Waals surface area contributed by atoms with Crippen LogP contribution >= 0.6 is 46.6 Å². The first-order valence-electron chi connectivity index (χ1n) is 7.02. The summed E-state index contributed by atoms with van der Waals surface area (Å²) in [5, 5.41) is 20.8. The van der Waals surface area contributed by atoms with Crippen LogP contribution in [0.3, 0.4) is 0 Å². The van der Waals surface area contributed by atoms with Gasteiger partial charge in [0, 0.05) is 28.1 Å². The molecule has 0 amide bonds. The Hall–Kier alpha value is -0.990. The topological polar surface area (TPSA) is 97.0 Å². The summed E-state index contributed by atoms with van der Waals surface area (Å²) in [6.45, 7) is 1.95. The number of aliphatic hydroxyl groups is 1. The van der Waals surface area contributed by atoms with E-state index in [4.69, 9.17) is 45.6 Å². The quantitative estimate of drug-likeness (QED) is 0.476. The van der Waals surface area contributed by atoms with Crippen LogP contribution in [-0.2, 0) is 0 Å². The number of hydrogen-bond donors (Lipinski definition) is 3. The number of alkyl halides is 1. The van der Waals surface area contributed by atoms with Crippen LogP contribution in [0.2, 0.25) is 10.0 Å². The van der Waals surface area contributed by atoms with Gasteiger partial charge in [-0.3, -0.25) is 0 Å². The van der Waals surface area contributed by atoms with E-state index in [0.29, 0.717) is 32.9 Å². The normalized spacial score (nSPS) is 12.2. The Balaban J connectivity index is 2.38. The van der Waals surface area contributed by atoms with Gasteiger partial charge in [0.05, 0.1) is 16.7 Å². The van der Waals surface area contributed by atoms with Crippen molar-refractivity contribution in [2.24, 2.45) is 0 Å². The predicted molar refractivity (Wildman–Crippen MR) is 101 cm³/mol. The molecule has 1 unspecified atom stereocenters. The Bertz CT molecular complexity index is 719. The molecule has 2 rings (SSSR count). The molecule has 130 valence electrons. The van der Waals surface area contributed by atoms with Crippen molar-refractivity contribution in [3.8, 4) is 11.3 Å². The Labute approximate surface area is 159 Å². The number of nitrogen functional groups attached to an aromatic ring is 1. The highest BCUT2D eigenvalue weighted by atomic mass is 35.5. The Kier molecular flexibility index (Phi) is 7.18. The maximum atomic E-state index is 8.96. The van der Waals surface area contributed by atoms with Gasteiger partial charge in [-0.2, -0.15) is 4.98 Å². The number of aromatic nitrogens is 3. The van der Waals surface area contributed by atoms with E-state index in [-0.39, 0.29) is 24.4 Å². The molecule has 2 aromatic rings. The van der Waals surface area contributed by atoms with Gasteiger partial charge in [-0.15, -0.1) is 33.6 Å². The minimum Gasteiger partial charge on any atom is -0.396 e. The zero-order chi connectivity index (χ0) is 17.7. The first kappa shape index (κ1) is 19.3. The molecule has 0 saturated heterocycles. The van der Waals surface area contributed by atoms with Crippen molar-refractivity contribution in [1.82, 2.24) is 15.2 Å². The largest absolute Gasteiger partial charge is 0.396 e. The average Bonchev–Trinajstić information content (AvgIpc) is 2.56. The molecule has 4 N–H and O–H groups in total. The highest BCUT2D eigenvalue weighted by Crippen LogP contribution is 2.38. The second kappa shape index (κ2) is 8.92. The molecule has 1 aromatic heterocycles. The van der Waals surface area contributed by atoms with Crippen LogP contribution in [0, 0.1) is 0 Å². The number of anilines is 2. The van der Waals surface area contributed by atoms with Crippen molar-refractivity contribution in [3.05, 3.63) is 22.2 Å². The summed E-state index contributed by atoms with van der Waals surface area (Å²) in [6, 6.07) is 3.50. The number of nitrogens with two attached hydrogens (primary N) is 1. The smallest absolute Gasteiger partial charge is 0.244 e. The summed E-state index contributed by atoms with van der Waals surface area (Å²) in [5.74, 6) is 1.40. The molecule has 0 radical (unpaired) electrons. The van der Waals surface area contributed by atoms with Crippen molar-refractivity contribution in [3.63, 3.8) is 0 Å². The van der Waals surface area contributed by atoms with E-state index in [1.807, 2.05) is 6.92 Å². The maximum absolute atomic E-state index is 8.96. The van der Waals surface area contributed by atoms with Crippen LogP contribution in [0.15, 0.2) is 17.0 Å². The van der Waals surface area contributed by atoms with Crippen molar-refractivity contribution < 1.29 is 5.11 Å². The van der Waals surface area contributed by atoms with E-state index < -0.39 is 0 Å². The van der Waals surface area contributed by atoms with Crippen LogP contribution in [0.25, 0.3) is 11.3 Å². The second-order valence-corrected chi connectivity index (χ2v) is 7.17. The number of benzene rings is 1. The fourth-order valence-electron chi connectivity index (χ4n) is 1.83. The molecule has 10 heteroatoms. The van der Waals surface area contributed by atoms with Crippen LogP contribution in [-0.4, -0.2) is 44.6 Å². The minimum absolute atomic E-state index is 0.0186. The lowest BCUT2D eigenvalue weighted by atomic mass is 10.1. The van der Waals surface area contributed by atoms with Gasteiger partial charge in [0.25, 0.3) is 0 Å². The van der Waals surface area contributed by atoms with Crippen molar-refractivity contribution in [2.75, 3.05) is 29.3 Å². The first-order valence-corrected chi connectivity index (χ1v) is 9.29. The van der Waals surface area contributed by atoms with Crippen molar-refractivity contribution >= 4 is 58.3 Å². The highest BCUT2D eigenvalue weighted by Gasteiger charge is 2.16. The predicted octanol–water partition coefficient (Wildman–Crippen LogP) is 3.55. The van der Waals surface area contributed by atoms with E-state index in [1.54, 1.807) is 12.1 Å². The van der Waals surface area contributed by atoms with Crippen LogP contribution in [0.4, 0.5) is 11.8 Å².